The second-order valence-corrected chi connectivity index (χ2v) is 14.3. The predicted molar refractivity (Wildman–Crippen MR) is 207 cm³/mol. The summed E-state index contributed by atoms with van der Waals surface area (Å²) in [5, 5.41) is 27.2. The second-order valence-electron chi connectivity index (χ2n) is 14.3. The van der Waals surface area contributed by atoms with Gasteiger partial charge in [0.05, 0.1) is 32.0 Å². The van der Waals surface area contributed by atoms with E-state index in [1.807, 2.05) is 82.3 Å². The Morgan fingerprint density at radius 1 is 0.704 bits per heavy atom. The molecule has 4 atom stereocenters. The summed E-state index contributed by atoms with van der Waals surface area (Å²) < 4.78 is 15.8. The van der Waals surface area contributed by atoms with E-state index in [9.17, 15) is 24.3 Å². The van der Waals surface area contributed by atoms with Gasteiger partial charge in [-0.25, -0.2) is 14.6 Å². The Morgan fingerprint density at radius 2 is 1.24 bits per heavy atom. The van der Waals surface area contributed by atoms with Crippen molar-refractivity contribution in [3.8, 4) is 5.75 Å². The number of carbonyl (C=O) groups is 4. The largest absolute Gasteiger partial charge is 0.493 e. The van der Waals surface area contributed by atoms with E-state index >= 15 is 0 Å². The van der Waals surface area contributed by atoms with Gasteiger partial charge in [-0.2, -0.15) is 0 Å². The molecule has 2 aromatic carbocycles. The first kappa shape index (κ1) is 45.7. The minimum absolute atomic E-state index is 0.1000. The lowest BCUT2D eigenvalue weighted by atomic mass is 9.98. The topological polar surface area (TPSA) is 192 Å². The lowest BCUT2D eigenvalue weighted by Gasteiger charge is -2.33. The molecule has 15 heteroatoms. The van der Waals surface area contributed by atoms with E-state index in [1.165, 1.54) is 14.2 Å². The van der Waals surface area contributed by atoms with Gasteiger partial charge in [0, 0.05) is 40.4 Å². The molecular formula is C39H63N7O8. The van der Waals surface area contributed by atoms with Crippen molar-refractivity contribution < 1.29 is 38.5 Å². The molecule has 0 spiro atoms. The standard InChI is InChI=1S/C39H63N7O8/c1-26(2)25-54-31-16-14-30(15-17-31)23-46(45-37(49)35(28(5)6)44-39(51)41-19-21-53-8)24-33(47)32(22-29-12-10-9-11-13-29)42-36(48)34(27(3)4)43-38(50)40-18-20-52-7/h9-17,26-28,32-35,47H,18-25H2,1-8H3,(H,42,48)(H,45,49)(H2,40,43,50)(H2,41,44,51)/t32-,33-,34-,35-/m0/s1. The van der Waals surface area contributed by atoms with Crippen molar-refractivity contribution in [1.29, 1.82) is 0 Å². The zero-order chi connectivity index (χ0) is 40.0. The summed E-state index contributed by atoms with van der Waals surface area (Å²) in [5.41, 5.74) is 4.60. The third kappa shape index (κ3) is 17.6. The van der Waals surface area contributed by atoms with Crippen LogP contribution in [0.2, 0.25) is 0 Å². The normalized spacial score (nSPS) is 13.6. The van der Waals surface area contributed by atoms with Crippen LogP contribution < -0.4 is 36.7 Å². The number of aliphatic hydroxyl groups is 1. The van der Waals surface area contributed by atoms with E-state index in [-0.39, 0.29) is 44.4 Å². The van der Waals surface area contributed by atoms with E-state index in [0.717, 1.165) is 11.1 Å². The van der Waals surface area contributed by atoms with Crippen molar-refractivity contribution in [3.63, 3.8) is 0 Å². The summed E-state index contributed by atoms with van der Waals surface area (Å²) in [6, 6.07) is 13.2. The van der Waals surface area contributed by atoms with E-state index in [2.05, 4.69) is 45.9 Å². The maximum atomic E-state index is 13.8. The van der Waals surface area contributed by atoms with Crippen molar-refractivity contribution in [1.82, 2.24) is 37.0 Å². The molecule has 54 heavy (non-hydrogen) atoms. The third-order valence-electron chi connectivity index (χ3n) is 8.30. The molecule has 0 radical (unpaired) electrons. The van der Waals surface area contributed by atoms with E-state index in [1.54, 1.807) is 5.01 Å². The van der Waals surface area contributed by atoms with Gasteiger partial charge in [0.1, 0.15) is 17.8 Å². The highest BCUT2D eigenvalue weighted by atomic mass is 16.5. The molecule has 0 fully saturated rings. The molecule has 0 saturated carbocycles. The number of carbonyl (C=O) groups excluding carboxylic acids is 4. The van der Waals surface area contributed by atoms with Gasteiger partial charge in [-0.15, -0.1) is 0 Å². The number of hydrogen-bond donors (Lipinski definition) is 7. The maximum Gasteiger partial charge on any atom is 0.315 e. The summed E-state index contributed by atoms with van der Waals surface area (Å²) >= 11 is 0. The fourth-order valence-corrected chi connectivity index (χ4v) is 5.31. The van der Waals surface area contributed by atoms with Gasteiger partial charge in [-0.1, -0.05) is 84.0 Å². The van der Waals surface area contributed by atoms with E-state index in [4.69, 9.17) is 14.2 Å². The summed E-state index contributed by atoms with van der Waals surface area (Å²) in [5.74, 6) is -0.442. The number of methoxy groups -OCH3 is 2. The van der Waals surface area contributed by atoms with Crippen LogP contribution in [-0.2, 0) is 32.0 Å². The van der Waals surface area contributed by atoms with Crippen molar-refractivity contribution in [2.24, 2.45) is 17.8 Å². The lowest BCUT2D eigenvalue weighted by Crippen LogP contribution is -2.60. The second kappa shape index (κ2) is 24.8. The zero-order valence-electron chi connectivity index (χ0n) is 33.1. The predicted octanol–water partition coefficient (Wildman–Crippen LogP) is 2.58. The Labute approximate surface area is 320 Å². The van der Waals surface area contributed by atoms with Crippen molar-refractivity contribution >= 4 is 23.9 Å². The number of nitrogens with zero attached hydrogens (tertiary/aromatic N) is 1. The number of rotatable bonds is 24. The summed E-state index contributed by atoms with van der Waals surface area (Å²) in [7, 11) is 3.05. The van der Waals surface area contributed by atoms with Crippen LogP contribution in [0.25, 0.3) is 0 Å². The van der Waals surface area contributed by atoms with Crippen LogP contribution in [0.5, 0.6) is 5.75 Å². The quantitative estimate of drug-likeness (QED) is 0.0624. The maximum absolute atomic E-state index is 13.8. The monoisotopic (exact) mass is 757 g/mol. The Balaban J connectivity index is 2.38. The number of ether oxygens (including phenoxy) is 3. The van der Waals surface area contributed by atoms with Gasteiger partial charge in [0.25, 0.3) is 5.91 Å². The highest BCUT2D eigenvalue weighted by Gasteiger charge is 2.32. The minimum Gasteiger partial charge on any atom is -0.493 e. The smallest absolute Gasteiger partial charge is 0.315 e. The number of nitrogens with one attached hydrogen (secondary N) is 6. The molecule has 0 aliphatic rings. The first-order chi connectivity index (χ1) is 25.7. The van der Waals surface area contributed by atoms with Crippen LogP contribution >= 0.6 is 0 Å². The molecule has 0 aliphatic heterocycles. The SMILES string of the molecule is COCCNC(=O)N[C@H](C(=O)N[C@@H](Cc1ccccc1)[C@@H](O)CN(Cc1ccc(OCC(C)C)cc1)NC(=O)[C@@H](NC(=O)NCCOC)C(C)C)C(C)C. The number of hydrogen-bond acceptors (Lipinski definition) is 9. The van der Waals surface area contributed by atoms with Crippen molar-refractivity contribution in [2.45, 2.75) is 78.7 Å². The van der Waals surface area contributed by atoms with Gasteiger partial charge in [-0.3, -0.25) is 15.0 Å². The number of amides is 6. The Hall–Kier alpha value is -4.44. The summed E-state index contributed by atoms with van der Waals surface area (Å²) in [4.78, 5) is 52.8. The van der Waals surface area contributed by atoms with Crippen molar-refractivity contribution in [3.05, 3.63) is 65.7 Å². The minimum atomic E-state index is -1.20. The Morgan fingerprint density at radius 3 is 1.74 bits per heavy atom. The molecular weight excluding hydrogens is 694 g/mol. The van der Waals surface area contributed by atoms with Gasteiger partial charge in [0.2, 0.25) is 5.91 Å². The fraction of sp³-hybridized carbons (Fsp3) is 0.590. The van der Waals surface area contributed by atoms with Crippen LogP contribution in [0.4, 0.5) is 9.59 Å². The van der Waals surface area contributed by atoms with Gasteiger partial charge in [0.15, 0.2) is 0 Å². The molecule has 0 heterocycles. The van der Waals surface area contributed by atoms with Crippen LogP contribution in [-0.4, -0.2) is 112 Å². The highest BCUT2D eigenvalue weighted by molar-refractivity contribution is 5.88. The van der Waals surface area contributed by atoms with Crippen LogP contribution in [0.1, 0.15) is 52.7 Å². The summed E-state index contributed by atoms with van der Waals surface area (Å²) in [6.45, 7) is 13.2. The molecule has 15 nitrogen and oxygen atoms in total. The van der Waals surface area contributed by atoms with Gasteiger partial charge >= 0.3 is 12.1 Å². The molecule has 0 aliphatic carbocycles. The molecule has 2 rings (SSSR count). The first-order valence-corrected chi connectivity index (χ1v) is 18.6. The van der Waals surface area contributed by atoms with Gasteiger partial charge in [-0.05, 0) is 47.4 Å². The van der Waals surface area contributed by atoms with E-state index in [0.29, 0.717) is 31.5 Å². The Bertz CT molecular complexity index is 1400. The number of hydrazine groups is 1. The van der Waals surface area contributed by atoms with Gasteiger partial charge < -0.3 is 45.9 Å². The Kier molecular flexibility index (Phi) is 21.0. The average molecular weight is 758 g/mol. The molecule has 0 unspecified atom stereocenters. The highest BCUT2D eigenvalue weighted by Crippen LogP contribution is 2.16. The van der Waals surface area contributed by atoms with Crippen molar-refractivity contribution in [2.75, 3.05) is 53.7 Å². The van der Waals surface area contributed by atoms with Crippen LogP contribution in [0.15, 0.2) is 54.6 Å². The third-order valence-corrected chi connectivity index (χ3v) is 8.30. The first-order valence-electron chi connectivity index (χ1n) is 18.6. The molecule has 0 bridgehead atoms. The molecule has 6 amide bonds. The van der Waals surface area contributed by atoms with Crippen LogP contribution in [0, 0.1) is 17.8 Å². The number of urea groups is 2. The van der Waals surface area contributed by atoms with E-state index < -0.39 is 48.1 Å². The number of aliphatic hydroxyl groups excluding tert-OH is 1. The fourth-order valence-electron chi connectivity index (χ4n) is 5.31. The zero-order valence-corrected chi connectivity index (χ0v) is 33.1. The molecule has 0 aromatic heterocycles. The van der Waals surface area contributed by atoms with Crippen LogP contribution in [0.3, 0.4) is 0 Å². The number of benzene rings is 2. The molecule has 0 saturated heterocycles. The lowest BCUT2D eigenvalue weighted by molar-refractivity contribution is -0.131. The molecule has 7 N–H and O–H groups in total. The molecule has 302 valence electrons. The summed E-state index contributed by atoms with van der Waals surface area (Å²) in [6.07, 6.45) is -0.936. The average Bonchev–Trinajstić information content (AvgIpc) is 3.12. The molecule has 2 aromatic rings.